The summed E-state index contributed by atoms with van der Waals surface area (Å²) in [6.07, 6.45) is 32.4. The topological polar surface area (TPSA) is 186 Å². The molecule has 3 aromatic carbocycles. The normalized spacial score (nSPS) is 17.5. The maximum atomic E-state index is 6.16. The second kappa shape index (κ2) is 36.2. The van der Waals surface area contributed by atoms with Crippen LogP contribution in [0.1, 0.15) is 141 Å². The van der Waals surface area contributed by atoms with Crippen molar-refractivity contribution >= 4 is 70.1 Å². The van der Waals surface area contributed by atoms with Crippen molar-refractivity contribution in [1.29, 1.82) is 0 Å². The zero-order valence-corrected chi connectivity index (χ0v) is 59.5. The standard InChI is InChI=1S/2C26H35N5O2.C21H31N3O2.3ClH/c2*1-30(2)17-23-25(32-18-20-3-4-20)8-6-22-24(29-33-26(22)23)7-5-19-9-13-31(14-10-19)16-21-15-27-11-12-28-21;1-24(2)13-18-20(25-14-16-3-4-16)8-6-17-19(23-26-21(17)18)7-5-15-9-11-22-12-10-15;;;/h2*6,8,11-12,15,19-20H,3-5,7,9-10,13-14,16-18H2,1-2H3;6,8,15-16,22H,3-5,7,9-14H2,1-2H3;3*1H. The van der Waals surface area contributed by atoms with Gasteiger partial charge in [0.15, 0.2) is 16.7 Å². The summed E-state index contributed by atoms with van der Waals surface area (Å²) in [6.45, 7) is 13.4. The molecule has 6 fully saturated rings. The third kappa shape index (κ3) is 21.4. The Kier molecular flexibility index (Phi) is 28.0. The van der Waals surface area contributed by atoms with Crippen LogP contribution >= 0.6 is 37.2 Å². The largest absolute Gasteiger partial charge is 0.493 e. The van der Waals surface area contributed by atoms with Crippen LogP contribution in [-0.4, -0.2) is 161 Å². The Hall–Kier alpha value is -5.74. The molecule has 1 N–H and O–H groups in total. The lowest BCUT2D eigenvalue weighted by Crippen LogP contribution is -2.33. The number of piperidine rings is 3. The van der Waals surface area contributed by atoms with E-state index in [0.717, 1.165) is 255 Å². The third-order valence-corrected chi connectivity index (χ3v) is 19.5. The summed E-state index contributed by atoms with van der Waals surface area (Å²) in [5.74, 6) is 7.32. The molecular weight excluding hydrogens is 1260 g/mol. The Morgan fingerprint density at radius 3 is 1.04 bits per heavy atom. The van der Waals surface area contributed by atoms with Crippen LogP contribution in [-0.2, 0) is 52.0 Å². The number of ether oxygens (including phenoxy) is 3. The number of hydrogen-bond acceptors (Lipinski definition) is 19. The minimum Gasteiger partial charge on any atom is -0.493 e. The van der Waals surface area contributed by atoms with Gasteiger partial charge < -0.3 is 47.8 Å². The highest BCUT2D eigenvalue weighted by Crippen LogP contribution is 2.39. The van der Waals surface area contributed by atoms with Gasteiger partial charge in [0.25, 0.3) is 0 Å². The van der Waals surface area contributed by atoms with E-state index in [2.05, 4.69) is 144 Å². The van der Waals surface area contributed by atoms with Crippen molar-refractivity contribution in [2.45, 2.75) is 148 Å². The van der Waals surface area contributed by atoms with Gasteiger partial charge >= 0.3 is 0 Å². The van der Waals surface area contributed by atoms with Gasteiger partial charge in [0.1, 0.15) is 17.2 Å². The highest BCUT2D eigenvalue weighted by molar-refractivity contribution is 5.87. The molecule has 3 saturated heterocycles. The van der Waals surface area contributed by atoms with Crippen molar-refractivity contribution in [3.05, 3.63) is 119 Å². The number of fused-ring (bicyclic) bond motifs is 3. The van der Waals surface area contributed by atoms with Gasteiger partial charge in [0.2, 0.25) is 0 Å². The summed E-state index contributed by atoms with van der Waals surface area (Å²) >= 11 is 0. The molecule has 0 bridgehead atoms. The number of halogens is 3. The number of likely N-dealkylation sites (tertiary alicyclic amines) is 2. The zero-order chi connectivity index (χ0) is 63.2. The summed E-state index contributed by atoms with van der Waals surface area (Å²) in [5, 5.41) is 20.3. The highest BCUT2D eigenvalue weighted by atomic mass is 35.5. The average Bonchev–Trinajstić information content (AvgIpc) is 1.68. The molecule has 0 radical (unpaired) electrons. The SMILES string of the molecule is CN(C)Cc1c(OCC2CC2)ccc2c(CCC3CCN(Cc4cnccn4)CC3)noc12.CN(C)Cc1c(OCC2CC2)ccc2c(CCC3CCN(Cc4cnccn4)CC3)noc12.CN(C)Cc1c(OCC2CC2)ccc2c(CCC3CCNCC3)noc12.Cl.Cl.Cl. The van der Waals surface area contributed by atoms with Crippen molar-refractivity contribution < 1.29 is 27.8 Å². The van der Waals surface area contributed by atoms with E-state index < -0.39 is 0 Å². The Balaban J connectivity index is 0.000000166. The van der Waals surface area contributed by atoms with Crippen LogP contribution in [0.2, 0.25) is 0 Å². The van der Waals surface area contributed by atoms with Crippen molar-refractivity contribution in [1.82, 2.24) is 65.2 Å². The minimum absolute atomic E-state index is 0. The van der Waals surface area contributed by atoms with Crippen LogP contribution in [0.4, 0.5) is 0 Å². The van der Waals surface area contributed by atoms with Gasteiger partial charge in [-0.2, -0.15) is 0 Å². The van der Waals surface area contributed by atoms with E-state index in [9.17, 15) is 0 Å². The molecule has 518 valence electrons. The van der Waals surface area contributed by atoms with E-state index in [1.807, 2.05) is 12.4 Å². The molecule has 3 aliphatic carbocycles. The molecular formula is C73H104Cl3N13O6. The van der Waals surface area contributed by atoms with Gasteiger partial charge in [-0.3, -0.25) is 29.7 Å². The highest BCUT2D eigenvalue weighted by Gasteiger charge is 2.29. The Labute approximate surface area is 581 Å². The van der Waals surface area contributed by atoms with E-state index >= 15 is 0 Å². The fourth-order valence-electron chi connectivity index (χ4n) is 13.4. The molecule has 3 saturated carbocycles. The Bertz CT molecular complexity index is 3390. The van der Waals surface area contributed by atoms with Crippen molar-refractivity contribution in [2.24, 2.45) is 35.5 Å². The third-order valence-electron chi connectivity index (χ3n) is 19.5. The Morgan fingerprint density at radius 1 is 0.421 bits per heavy atom. The summed E-state index contributed by atoms with van der Waals surface area (Å²) in [6, 6.07) is 12.8. The minimum atomic E-state index is 0. The maximum absolute atomic E-state index is 6.16. The molecule has 3 aliphatic heterocycles. The van der Waals surface area contributed by atoms with E-state index in [4.69, 9.17) is 27.8 Å². The predicted molar refractivity (Wildman–Crippen MR) is 381 cm³/mol. The molecule has 8 aromatic rings. The van der Waals surface area contributed by atoms with E-state index in [1.54, 1.807) is 24.8 Å². The number of aromatic nitrogens is 7. The van der Waals surface area contributed by atoms with Crippen molar-refractivity contribution in [3.8, 4) is 17.2 Å². The molecule has 6 aliphatic rings. The smallest absolute Gasteiger partial charge is 0.175 e. The second-order valence-corrected chi connectivity index (χ2v) is 28.3. The lowest BCUT2D eigenvalue weighted by atomic mass is 9.91. The summed E-state index contributed by atoms with van der Waals surface area (Å²) in [4.78, 5) is 28.6. The average molecular weight is 1370 g/mol. The van der Waals surface area contributed by atoms with Crippen LogP contribution in [0.3, 0.4) is 0 Å². The maximum Gasteiger partial charge on any atom is 0.175 e. The van der Waals surface area contributed by atoms with Crippen LogP contribution in [0.5, 0.6) is 17.2 Å². The molecule has 8 heterocycles. The number of nitrogens with zero attached hydrogens (tertiary/aromatic N) is 12. The summed E-state index contributed by atoms with van der Waals surface area (Å²) < 4.78 is 36.0. The lowest BCUT2D eigenvalue weighted by Gasteiger charge is -2.31. The van der Waals surface area contributed by atoms with Gasteiger partial charge in [-0.15, -0.1) is 37.2 Å². The predicted octanol–water partition coefficient (Wildman–Crippen LogP) is 13.5. The molecule has 0 amide bonds. The van der Waals surface area contributed by atoms with Gasteiger partial charge in [-0.05, 0) is 269 Å². The van der Waals surface area contributed by atoms with Crippen LogP contribution in [0, 0.1) is 35.5 Å². The summed E-state index contributed by atoms with van der Waals surface area (Å²) in [5.41, 5.74) is 11.5. The van der Waals surface area contributed by atoms with Crippen LogP contribution in [0.15, 0.2) is 87.1 Å². The summed E-state index contributed by atoms with van der Waals surface area (Å²) in [7, 11) is 12.5. The van der Waals surface area contributed by atoms with Gasteiger partial charge in [0.05, 0.1) is 65.0 Å². The van der Waals surface area contributed by atoms with Gasteiger partial charge in [-0.1, -0.05) is 15.5 Å². The molecule has 19 nitrogen and oxygen atoms in total. The zero-order valence-electron chi connectivity index (χ0n) is 57.1. The number of nitrogens with one attached hydrogen (secondary N) is 1. The monoisotopic (exact) mass is 1360 g/mol. The molecule has 22 heteroatoms. The number of benzene rings is 3. The van der Waals surface area contributed by atoms with Crippen LogP contribution in [0.25, 0.3) is 32.9 Å². The first-order valence-corrected chi connectivity index (χ1v) is 34.7. The van der Waals surface area contributed by atoms with E-state index in [1.165, 1.54) is 83.5 Å². The van der Waals surface area contributed by atoms with Crippen LogP contribution < -0.4 is 19.5 Å². The molecule has 5 aromatic heterocycles. The first-order valence-electron chi connectivity index (χ1n) is 34.7. The van der Waals surface area contributed by atoms with Gasteiger partial charge in [-0.25, -0.2) is 0 Å². The molecule has 95 heavy (non-hydrogen) atoms. The molecule has 0 unspecified atom stereocenters. The van der Waals surface area contributed by atoms with E-state index in [-0.39, 0.29) is 37.2 Å². The van der Waals surface area contributed by atoms with Crippen molar-refractivity contribution in [2.75, 3.05) is 101 Å². The first kappa shape index (κ1) is 73.5. The fraction of sp³-hybridized carbons (Fsp3) is 0.603. The number of rotatable bonds is 28. The van der Waals surface area contributed by atoms with E-state index in [0.29, 0.717) is 0 Å². The molecule has 14 rings (SSSR count). The lowest BCUT2D eigenvalue weighted by molar-refractivity contribution is 0.170. The molecule has 0 atom stereocenters. The number of aryl methyl sites for hydroxylation is 3. The quantitative estimate of drug-likeness (QED) is 0.0487. The van der Waals surface area contributed by atoms with Crippen molar-refractivity contribution in [3.63, 3.8) is 0 Å². The Morgan fingerprint density at radius 2 is 0.747 bits per heavy atom. The number of hydrogen-bond donors (Lipinski definition) is 1. The fourth-order valence-corrected chi connectivity index (χ4v) is 13.4. The molecule has 0 spiro atoms. The van der Waals surface area contributed by atoms with Gasteiger partial charge in [0, 0.05) is 86.1 Å². The first-order chi connectivity index (χ1) is 45.0. The second-order valence-electron chi connectivity index (χ2n) is 28.3.